The van der Waals surface area contributed by atoms with E-state index in [0.29, 0.717) is 12.2 Å². The molecule has 75 heavy (non-hydrogen) atoms. The number of pyridine rings is 1. The molecule has 0 saturated carbocycles. The molecule has 0 aliphatic heterocycles. The van der Waals surface area contributed by atoms with Crippen LogP contribution in [0.2, 0.25) is 0 Å². The average Bonchev–Trinajstić information content (AvgIpc) is 3.27. The van der Waals surface area contributed by atoms with E-state index in [1.807, 2.05) is 36.4 Å². The smallest absolute Gasteiger partial charge is 0.416 e. The standard InChI is InChI=1S/C32H12BF24.C14H13FNO2/c34-25(35,36)13-1-14(26(37,38)39)6-21(5-13)33(22-7-15(27(40,41)42)2-16(8-22)28(43,44)45,23-9-17(29(46,47)48)3-18(10-23)30(49,50)51)24-11-19(31(52,53)54)4-20(12-24)32(55,56)57;15-11-18-14(17)13-8-4-5-9-16(13)10-12-6-2-1-3-7-12/h1-12H;1-9H,10-11H2/q-1;+1. The summed E-state index contributed by atoms with van der Waals surface area (Å²) in [4.78, 5) is 11.6. The number of benzene rings is 5. The molecule has 0 spiro atoms. The number of carbonyl (C=O) groups excluding carboxylic acids is 1. The van der Waals surface area contributed by atoms with Crippen molar-refractivity contribution in [3.8, 4) is 0 Å². The van der Waals surface area contributed by atoms with Gasteiger partial charge in [-0.05, 0) is 30.3 Å². The molecule has 0 unspecified atom stereocenters. The van der Waals surface area contributed by atoms with Crippen molar-refractivity contribution in [3.05, 3.63) is 183 Å². The monoisotopic (exact) mass is 1110 g/mol. The highest BCUT2D eigenvalue weighted by Gasteiger charge is 2.47. The van der Waals surface area contributed by atoms with Crippen LogP contribution in [0.1, 0.15) is 60.6 Å². The Morgan fingerprint density at radius 3 is 0.867 bits per heavy atom. The molecule has 6 aromatic rings. The molecule has 0 aliphatic carbocycles. The summed E-state index contributed by atoms with van der Waals surface area (Å²) in [7, 11) is 0. The van der Waals surface area contributed by atoms with Crippen LogP contribution in [0.4, 0.5) is 110 Å². The van der Waals surface area contributed by atoms with Gasteiger partial charge in [-0.15, -0.1) is 0 Å². The largest absolute Gasteiger partial charge is 0.426 e. The second kappa shape index (κ2) is 20.6. The molecule has 0 radical (unpaired) electrons. The molecule has 1 heterocycles. The number of nitrogens with zero attached hydrogens (tertiary/aromatic N) is 1. The number of ether oxygens (including phenoxy) is 1. The van der Waals surface area contributed by atoms with E-state index in [4.69, 9.17) is 0 Å². The van der Waals surface area contributed by atoms with Crippen LogP contribution in [0.5, 0.6) is 0 Å². The van der Waals surface area contributed by atoms with Crippen LogP contribution in [-0.2, 0) is 60.7 Å². The van der Waals surface area contributed by atoms with Gasteiger partial charge in [0.05, 0.1) is 44.5 Å². The number of aromatic nitrogens is 1. The Hall–Kier alpha value is -6.97. The lowest BCUT2D eigenvalue weighted by atomic mass is 9.12. The maximum absolute atomic E-state index is 14.2. The van der Waals surface area contributed by atoms with E-state index in [2.05, 4.69) is 4.74 Å². The van der Waals surface area contributed by atoms with Crippen molar-refractivity contribution in [3.63, 3.8) is 0 Å². The van der Waals surface area contributed by atoms with Crippen molar-refractivity contribution in [1.29, 1.82) is 0 Å². The van der Waals surface area contributed by atoms with Crippen LogP contribution >= 0.6 is 0 Å². The summed E-state index contributed by atoms with van der Waals surface area (Å²) in [5, 5.41) is 0. The first-order valence-electron chi connectivity index (χ1n) is 20.2. The van der Waals surface area contributed by atoms with Crippen molar-refractivity contribution in [1.82, 2.24) is 0 Å². The van der Waals surface area contributed by atoms with Gasteiger partial charge < -0.3 is 4.74 Å². The summed E-state index contributed by atoms with van der Waals surface area (Å²) in [6, 6.07) is 6.05. The van der Waals surface area contributed by atoms with Gasteiger partial charge in [0, 0.05) is 17.7 Å². The summed E-state index contributed by atoms with van der Waals surface area (Å²) in [5.41, 5.74) is -28.8. The molecule has 6 rings (SSSR count). The number of halogens is 25. The molecule has 0 bridgehead atoms. The molecule has 0 fully saturated rings. The SMILES string of the molecule is FC(F)(F)c1cc([B-](c2cc(C(F)(F)F)cc(C(F)(F)F)c2)(c2cc(C(F)(F)F)cc(C(F)(F)F)c2)c2cc(C(F)(F)F)cc(C(F)(F)F)c2)cc(C(F)(F)F)c1.O=C(OCF)c1cccc[n+]1Cc1ccccc1. The van der Waals surface area contributed by atoms with Crippen LogP contribution in [0, 0.1) is 0 Å². The van der Waals surface area contributed by atoms with E-state index in [1.165, 1.54) is 0 Å². The highest BCUT2D eigenvalue weighted by Crippen LogP contribution is 2.41. The van der Waals surface area contributed by atoms with Gasteiger partial charge in [0.1, 0.15) is 6.15 Å². The molecule has 29 heteroatoms. The summed E-state index contributed by atoms with van der Waals surface area (Å²) in [5.74, 6) is -0.658. The van der Waals surface area contributed by atoms with Crippen molar-refractivity contribution in [2.45, 2.75) is 56.0 Å². The van der Waals surface area contributed by atoms with E-state index in [0.717, 1.165) is 5.56 Å². The molecule has 404 valence electrons. The normalized spacial score (nSPS) is 13.3. The number of carbonyl (C=O) groups is 1. The molecular formula is C46H25BF25NO2. The second-order valence-electron chi connectivity index (χ2n) is 16.0. The zero-order chi connectivity index (χ0) is 56.7. The number of alkyl halides is 25. The first-order valence-corrected chi connectivity index (χ1v) is 20.2. The molecule has 0 saturated heterocycles. The Bertz CT molecular complexity index is 2560. The minimum Gasteiger partial charge on any atom is -0.426 e. The van der Waals surface area contributed by atoms with Gasteiger partial charge in [0.15, 0.2) is 12.7 Å². The van der Waals surface area contributed by atoms with Crippen LogP contribution in [-0.4, -0.2) is 19.0 Å². The van der Waals surface area contributed by atoms with E-state index < -0.39 is 208 Å². The topological polar surface area (TPSA) is 30.2 Å². The molecule has 0 atom stereocenters. The second-order valence-corrected chi connectivity index (χ2v) is 16.0. The zero-order valence-corrected chi connectivity index (χ0v) is 36.3. The number of hydrogen-bond acceptors (Lipinski definition) is 2. The Balaban J connectivity index is 0.000000483. The maximum atomic E-state index is 14.2. The quantitative estimate of drug-likeness (QED) is 0.0658. The van der Waals surface area contributed by atoms with Crippen LogP contribution in [0.25, 0.3) is 0 Å². The number of esters is 1. The molecule has 0 amide bonds. The van der Waals surface area contributed by atoms with Crippen molar-refractivity contribution >= 4 is 34.0 Å². The summed E-state index contributed by atoms with van der Waals surface area (Å²) in [6.07, 6.45) is -53.0. The number of hydrogen-bond donors (Lipinski definition) is 0. The molecule has 0 aliphatic rings. The van der Waals surface area contributed by atoms with Crippen LogP contribution < -0.4 is 26.4 Å². The lowest BCUT2D eigenvalue weighted by Gasteiger charge is -2.46. The first-order chi connectivity index (χ1) is 34.1. The summed E-state index contributed by atoms with van der Waals surface area (Å²) in [6.45, 7) is -0.572. The van der Waals surface area contributed by atoms with E-state index in [1.54, 1.807) is 22.9 Å². The third kappa shape index (κ3) is 13.9. The van der Waals surface area contributed by atoms with Gasteiger partial charge in [0.2, 0.25) is 6.86 Å². The predicted octanol–water partition coefficient (Wildman–Crippen LogP) is 13.3. The Morgan fingerprint density at radius 2 is 0.627 bits per heavy atom. The zero-order valence-electron chi connectivity index (χ0n) is 36.3. The fourth-order valence-corrected chi connectivity index (χ4v) is 7.77. The number of rotatable bonds is 8. The van der Waals surface area contributed by atoms with Gasteiger partial charge in [0.25, 0.3) is 5.69 Å². The molecule has 0 N–H and O–H groups in total. The summed E-state index contributed by atoms with van der Waals surface area (Å²) >= 11 is 0. The highest BCUT2D eigenvalue weighted by atomic mass is 19.4. The lowest BCUT2D eigenvalue weighted by Crippen LogP contribution is -2.75. The van der Waals surface area contributed by atoms with Gasteiger partial charge in [-0.25, -0.2) is 9.18 Å². The summed E-state index contributed by atoms with van der Waals surface area (Å²) < 4.78 is 359. The third-order valence-electron chi connectivity index (χ3n) is 11.0. The van der Waals surface area contributed by atoms with Crippen molar-refractivity contribution < 1.29 is 124 Å². The Kier molecular flexibility index (Phi) is 16.2. The molecular weight excluding hydrogens is 1080 g/mol. The van der Waals surface area contributed by atoms with Gasteiger partial charge >= 0.3 is 55.4 Å². The minimum absolute atomic E-state index is 0.332. The third-order valence-corrected chi connectivity index (χ3v) is 11.0. The van der Waals surface area contributed by atoms with Crippen molar-refractivity contribution in [2.24, 2.45) is 0 Å². The average molecular weight is 1110 g/mol. The Morgan fingerprint density at radius 1 is 0.373 bits per heavy atom. The minimum atomic E-state index is -6.13. The lowest BCUT2D eigenvalue weighted by molar-refractivity contribution is -0.690. The molecule has 5 aromatic carbocycles. The van der Waals surface area contributed by atoms with E-state index in [-0.39, 0.29) is 0 Å². The van der Waals surface area contributed by atoms with Gasteiger partial charge in [-0.1, -0.05) is 78.9 Å². The first kappa shape index (κ1) is 58.9. The fraction of sp³-hybridized carbons (Fsp3) is 0.217. The van der Waals surface area contributed by atoms with Crippen LogP contribution in [0.3, 0.4) is 0 Å². The fourth-order valence-electron chi connectivity index (χ4n) is 7.77. The Labute approximate surface area is 403 Å². The maximum Gasteiger partial charge on any atom is 0.416 e. The van der Waals surface area contributed by atoms with Gasteiger partial charge in [-0.3, -0.25) is 0 Å². The van der Waals surface area contributed by atoms with E-state index >= 15 is 0 Å². The predicted molar refractivity (Wildman–Crippen MR) is 214 cm³/mol. The molecule has 1 aromatic heterocycles. The highest BCUT2D eigenvalue weighted by molar-refractivity contribution is 7.20. The van der Waals surface area contributed by atoms with Crippen molar-refractivity contribution in [2.75, 3.05) is 6.86 Å². The van der Waals surface area contributed by atoms with E-state index in [9.17, 15) is 115 Å². The van der Waals surface area contributed by atoms with Crippen LogP contribution in [0.15, 0.2) is 128 Å². The molecule has 3 nitrogen and oxygen atoms in total. The van der Waals surface area contributed by atoms with Gasteiger partial charge in [-0.2, -0.15) is 132 Å².